The molecule has 15 heavy (non-hydrogen) atoms. The lowest BCUT2D eigenvalue weighted by Crippen LogP contribution is -2.26. The molecule has 1 heterocycles. The molecule has 1 fully saturated rings. The highest BCUT2D eigenvalue weighted by atomic mass is 32.2. The smallest absolute Gasteiger partial charge is 0.241 e. The Morgan fingerprint density at radius 2 is 2.20 bits per heavy atom. The van der Waals surface area contributed by atoms with Crippen LogP contribution in [0.4, 0.5) is 5.82 Å². The Morgan fingerprint density at radius 1 is 1.47 bits per heavy atom. The Kier molecular flexibility index (Phi) is 2.59. The van der Waals surface area contributed by atoms with E-state index in [2.05, 4.69) is 15.1 Å². The summed E-state index contributed by atoms with van der Waals surface area (Å²) in [6.07, 6.45) is 3.22. The maximum atomic E-state index is 11.7. The molecule has 0 atom stereocenters. The number of rotatable bonds is 4. The lowest BCUT2D eigenvalue weighted by atomic mass is 10.5. The Balaban J connectivity index is 2.26. The van der Waals surface area contributed by atoms with Crippen LogP contribution in [0, 0.1) is 0 Å². The number of sulfonamides is 1. The van der Waals surface area contributed by atoms with Crippen LogP contribution in [0.2, 0.25) is 0 Å². The van der Waals surface area contributed by atoms with Crippen LogP contribution in [0.1, 0.15) is 12.8 Å². The van der Waals surface area contributed by atoms with Crippen molar-refractivity contribution in [2.45, 2.75) is 23.8 Å². The van der Waals surface area contributed by atoms with E-state index in [1.54, 1.807) is 0 Å². The first-order chi connectivity index (χ1) is 7.12. The van der Waals surface area contributed by atoms with Crippen molar-refractivity contribution in [3.8, 4) is 0 Å². The molecule has 0 spiro atoms. The van der Waals surface area contributed by atoms with Crippen LogP contribution in [-0.2, 0) is 10.0 Å². The first kappa shape index (κ1) is 10.3. The Labute approximate surface area is 87.9 Å². The fraction of sp³-hybridized carbons (Fsp3) is 0.375. The molecule has 0 aromatic carbocycles. The fourth-order valence-electron chi connectivity index (χ4n) is 1.15. The summed E-state index contributed by atoms with van der Waals surface area (Å²) in [4.78, 5) is 4.02. The number of anilines is 1. The number of aromatic nitrogens is 1. The highest BCUT2D eigenvalue weighted by Crippen LogP contribution is 2.22. The van der Waals surface area contributed by atoms with Gasteiger partial charge in [0, 0.05) is 18.3 Å². The number of nitrogen functional groups attached to an aromatic ring is 1. The monoisotopic (exact) mass is 228 g/mol. The summed E-state index contributed by atoms with van der Waals surface area (Å²) in [5.74, 6) is 5.48. The summed E-state index contributed by atoms with van der Waals surface area (Å²) in [7, 11) is -3.42. The van der Waals surface area contributed by atoms with Gasteiger partial charge in [0.2, 0.25) is 10.0 Å². The molecule has 0 bridgehead atoms. The van der Waals surface area contributed by atoms with Crippen LogP contribution in [0.25, 0.3) is 0 Å². The number of hydrogen-bond donors (Lipinski definition) is 3. The molecule has 0 amide bonds. The molecule has 0 unspecified atom stereocenters. The van der Waals surface area contributed by atoms with Gasteiger partial charge >= 0.3 is 0 Å². The summed E-state index contributed by atoms with van der Waals surface area (Å²) < 4.78 is 26.1. The SMILES string of the molecule is NNc1cc(S(=O)(=O)NC2CC2)ccn1. The number of hydrazine groups is 1. The minimum atomic E-state index is -3.42. The van der Waals surface area contributed by atoms with Gasteiger partial charge < -0.3 is 5.43 Å². The molecule has 1 saturated carbocycles. The molecule has 0 radical (unpaired) electrons. The van der Waals surface area contributed by atoms with Gasteiger partial charge in [-0.2, -0.15) is 0 Å². The number of pyridine rings is 1. The zero-order chi connectivity index (χ0) is 10.9. The largest absolute Gasteiger partial charge is 0.308 e. The van der Waals surface area contributed by atoms with E-state index < -0.39 is 10.0 Å². The van der Waals surface area contributed by atoms with Crippen molar-refractivity contribution >= 4 is 15.8 Å². The van der Waals surface area contributed by atoms with Crippen LogP contribution >= 0.6 is 0 Å². The van der Waals surface area contributed by atoms with Crippen LogP contribution in [0.15, 0.2) is 23.2 Å². The van der Waals surface area contributed by atoms with Crippen molar-refractivity contribution in [3.05, 3.63) is 18.3 Å². The quantitative estimate of drug-likeness (QED) is 0.490. The van der Waals surface area contributed by atoms with Crippen LogP contribution in [0.3, 0.4) is 0 Å². The molecule has 6 nitrogen and oxygen atoms in total. The van der Waals surface area contributed by atoms with E-state index in [1.807, 2.05) is 0 Å². The van der Waals surface area contributed by atoms with Gasteiger partial charge in [-0.1, -0.05) is 0 Å². The maximum Gasteiger partial charge on any atom is 0.241 e. The standard InChI is InChI=1S/C8H12N4O2S/c9-11-8-5-7(3-4-10-8)15(13,14)12-6-1-2-6/h3-6,12H,1-2,9H2,(H,10,11). The molecular weight excluding hydrogens is 216 g/mol. The number of nitrogens with one attached hydrogen (secondary N) is 2. The molecule has 4 N–H and O–H groups in total. The first-order valence-electron chi connectivity index (χ1n) is 4.57. The van der Waals surface area contributed by atoms with Crippen molar-refractivity contribution in [1.82, 2.24) is 9.71 Å². The van der Waals surface area contributed by atoms with E-state index in [9.17, 15) is 8.42 Å². The molecule has 7 heteroatoms. The Morgan fingerprint density at radius 3 is 2.80 bits per heavy atom. The molecule has 2 rings (SSSR count). The second kappa shape index (κ2) is 3.76. The van der Waals surface area contributed by atoms with Crippen LogP contribution in [-0.4, -0.2) is 19.4 Å². The zero-order valence-corrected chi connectivity index (χ0v) is 8.79. The summed E-state index contributed by atoms with van der Waals surface area (Å²) in [6.45, 7) is 0. The molecule has 82 valence electrons. The van der Waals surface area contributed by atoms with Gasteiger partial charge in [-0.15, -0.1) is 0 Å². The van der Waals surface area contributed by atoms with Gasteiger partial charge in [-0.3, -0.25) is 0 Å². The Hall–Kier alpha value is -1.18. The summed E-state index contributed by atoms with van der Waals surface area (Å²) in [5, 5.41) is 0. The lowest BCUT2D eigenvalue weighted by Gasteiger charge is -2.06. The minimum Gasteiger partial charge on any atom is -0.308 e. The highest BCUT2D eigenvalue weighted by Gasteiger charge is 2.28. The minimum absolute atomic E-state index is 0.0949. The van der Waals surface area contributed by atoms with Crippen molar-refractivity contribution in [1.29, 1.82) is 0 Å². The van der Waals surface area contributed by atoms with Gasteiger partial charge in [-0.25, -0.2) is 24.0 Å². The molecule has 1 aliphatic rings. The Bertz CT molecular complexity index is 455. The number of nitrogens with two attached hydrogens (primary N) is 1. The third-order valence-electron chi connectivity index (χ3n) is 2.09. The van der Waals surface area contributed by atoms with Crippen molar-refractivity contribution in [2.24, 2.45) is 5.84 Å². The molecule has 1 aromatic rings. The fourth-order valence-corrected chi connectivity index (χ4v) is 2.46. The first-order valence-corrected chi connectivity index (χ1v) is 6.05. The van der Waals surface area contributed by atoms with Gasteiger partial charge in [-0.05, 0) is 18.9 Å². The van der Waals surface area contributed by atoms with E-state index in [0.29, 0.717) is 5.82 Å². The molecular formula is C8H12N4O2S. The van der Waals surface area contributed by atoms with Gasteiger partial charge in [0.1, 0.15) is 5.82 Å². The van der Waals surface area contributed by atoms with E-state index in [4.69, 9.17) is 5.84 Å². The average molecular weight is 228 g/mol. The van der Waals surface area contributed by atoms with E-state index in [-0.39, 0.29) is 10.9 Å². The predicted molar refractivity (Wildman–Crippen MR) is 55.4 cm³/mol. The normalized spacial score (nSPS) is 16.3. The van der Waals surface area contributed by atoms with Crippen LogP contribution < -0.4 is 16.0 Å². The lowest BCUT2D eigenvalue weighted by molar-refractivity contribution is 0.581. The topological polar surface area (TPSA) is 97.1 Å². The summed E-state index contributed by atoms with van der Waals surface area (Å²) in [5.41, 5.74) is 2.31. The van der Waals surface area contributed by atoms with E-state index in [1.165, 1.54) is 18.3 Å². The van der Waals surface area contributed by atoms with Gasteiger partial charge in [0.05, 0.1) is 4.90 Å². The second-order valence-electron chi connectivity index (χ2n) is 3.42. The molecule has 1 aliphatic carbocycles. The van der Waals surface area contributed by atoms with Crippen LogP contribution in [0.5, 0.6) is 0 Å². The zero-order valence-electron chi connectivity index (χ0n) is 7.97. The van der Waals surface area contributed by atoms with Crippen molar-refractivity contribution < 1.29 is 8.42 Å². The number of hydrogen-bond acceptors (Lipinski definition) is 5. The summed E-state index contributed by atoms with van der Waals surface area (Å²) in [6, 6.07) is 2.92. The maximum absolute atomic E-state index is 11.7. The van der Waals surface area contributed by atoms with E-state index in [0.717, 1.165) is 12.8 Å². The molecule has 0 aliphatic heterocycles. The average Bonchev–Trinajstić information content (AvgIpc) is 3.01. The second-order valence-corrected chi connectivity index (χ2v) is 5.13. The van der Waals surface area contributed by atoms with E-state index >= 15 is 0 Å². The molecule has 0 saturated heterocycles. The molecule has 1 aromatic heterocycles. The predicted octanol–water partition coefficient (Wildman–Crippen LogP) is -0.192. The highest BCUT2D eigenvalue weighted by molar-refractivity contribution is 7.89. The van der Waals surface area contributed by atoms with Crippen molar-refractivity contribution in [3.63, 3.8) is 0 Å². The third kappa shape index (κ3) is 2.44. The summed E-state index contributed by atoms with van der Waals surface area (Å²) >= 11 is 0. The number of nitrogens with zero attached hydrogens (tertiary/aromatic N) is 1. The van der Waals surface area contributed by atoms with Gasteiger partial charge in [0.25, 0.3) is 0 Å². The van der Waals surface area contributed by atoms with Crippen molar-refractivity contribution in [2.75, 3.05) is 5.43 Å². The third-order valence-corrected chi connectivity index (χ3v) is 3.61. The van der Waals surface area contributed by atoms with Gasteiger partial charge in [0.15, 0.2) is 0 Å².